The van der Waals surface area contributed by atoms with Crippen LogP contribution in [-0.4, -0.2) is 35.5 Å². The van der Waals surface area contributed by atoms with E-state index in [9.17, 15) is 0 Å². The number of hydrogen-bond acceptors (Lipinski definition) is 2. The molecule has 1 aromatic carbocycles. The van der Waals surface area contributed by atoms with Crippen LogP contribution in [0.1, 0.15) is 24.0 Å². The second-order valence-corrected chi connectivity index (χ2v) is 6.26. The number of rotatable bonds is 5. The largest absolute Gasteiger partial charge is 0.488 e. The molecule has 1 unspecified atom stereocenters. The third-order valence-corrected chi connectivity index (χ3v) is 4.18. The summed E-state index contributed by atoms with van der Waals surface area (Å²) >= 11 is 3.55. The number of fused-ring (bicyclic) bond motifs is 1. The van der Waals surface area contributed by atoms with E-state index in [2.05, 4.69) is 46.0 Å². The van der Waals surface area contributed by atoms with Crippen molar-refractivity contribution in [3.63, 3.8) is 0 Å². The molecule has 0 radical (unpaired) electrons. The maximum atomic E-state index is 6.06. The molecule has 18 heavy (non-hydrogen) atoms. The molecule has 2 nitrogen and oxygen atoms in total. The highest BCUT2D eigenvalue weighted by Gasteiger charge is 2.32. The van der Waals surface area contributed by atoms with E-state index in [0.717, 1.165) is 36.6 Å². The minimum Gasteiger partial charge on any atom is -0.488 e. The Balaban J connectivity index is 1.62. The first-order valence-corrected chi connectivity index (χ1v) is 7.94. The first-order valence-electron chi connectivity index (χ1n) is 6.82. The fourth-order valence-corrected chi connectivity index (χ4v) is 3.24. The minimum absolute atomic E-state index is 0.349. The van der Waals surface area contributed by atoms with Crippen molar-refractivity contribution in [2.24, 2.45) is 0 Å². The number of ether oxygens (including phenoxy) is 1. The van der Waals surface area contributed by atoms with E-state index in [4.69, 9.17) is 4.74 Å². The Bertz CT molecular complexity index is 431. The molecule has 1 atom stereocenters. The highest BCUT2D eigenvalue weighted by Crippen LogP contribution is 2.32. The van der Waals surface area contributed by atoms with Gasteiger partial charge in [0.25, 0.3) is 0 Å². The Morgan fingerprint density at radius 2 is 2.22 bits per heavy atom. The summed E-state index contributed by atoms with van der Waals surface area (Å²) in [6.07, 6.45) is 4.15. The van der Waals surface area contributed by atoms with Gasteiger partial charge in [-0.2, -0.15) is 0 Å². The van der Waals surface area contributed by atoms with Gasteiger partial charge in [-0.25, -0.2) is 0 Å². The van der Waals surface area contributed by atoms with Crippen LogP contribution < -0.4 is 4.74 Å². The van der Waals surface area contributed by atoms with Crippen molar-refractivity contribution < 1.29 is 4.74 Å². The fourth-order valence-electron chi connectivity index (χ4n) is 2.78. The van der Waals surface area contributed by atoms with Crippen LogP contribution in [0.25, 0.3) is 0 Å². The van der Waals surface area contributed by atoms with Gasteiger partial charge in [0.1, 0.15) is 11.9 Å². The number of halogens is 1. The van der Waals surface area contributed by atoms with Crippen molar-refractivity contribution in [1.82, 2.24) is 4.90 Å². The molecular weight excluding hydrogens is 290 g/mol. The molecule has 0 spiro atoms. The molecule has 3 heteroatoms. The van der Waals surface area contributed by atoms with Crippen LogP contribution in [0.4, 0.5) is 0 Å². The molecule has 1 fully saturated rings. The lowest BCUT2D eigenvalue weighted by Gasteiger charge is -2.24. The maximum absolute atomic E-state index is 6.06. The second kappa shape index (κ2) is 5.22. The van der Waals surface area contributed by atoms with Crippen molar-refractivity contribution in [3.05, 3.63) is 29.3 Å². The fraction of sp³-hybridized carbons (Fsp3) is 0.600. The molecule has 0 saturated heterocycles. The lowest BCUT2D eigenvalue weighted by Crippen LogP contribution is -2.37. The number of aryl methyl sites for hydroxylation is 1. The third-order valence-electron chi connectivity index (χ3n) is 3.83. The monoisotopic (exact) mass is 309 g/mol. The van der Waals surface area contributed by atoms with Crippen LogP contribution >= 0.6 is 15.9 Å². The Kier molecular flexibility index (Phi) is 3.62. The highest BCUT2D eigenvalue weighted by molar-refractivity contribution is 9.09. The second-order valence-electron chi connectivity index (χ2n) is 5.47. The third kappa shape index (κ3) is 2.72. The maximum Gasteiger partial charge on any atom is 0.123 e. The van der Waals surface area contributed by atoms with E-state index in [1.54, 1.807) is 0 Å². The summed E-state index contributed by atoms with van der Waals surface area (Å²) in [4.78, 5) is 2.58. The molecule has 1 aliphatic heterocycles. The molecule has 1 heterocycles. The van der Waals surface area contributed by atoms with Crippen molar-refractivity contribution in [2.75, 3.05) is 18.4 Å². The summed E-state index contributed by atoms with van der Waals surface area (Å²) in [6.45, 7) is 4.36. The molecule has 1 aliphatic carbocycles. The van der Waals surface area contributed by atoms with Gasteiger partial charge in [-0.3, -0.25) is 4.90 Å². The van der Waals surface area contributed by atoms with Crippen LogP contribution in [-0.2, 0) is 6.42 Å². The molecule has 0 aromatic heterocycles. The molecule has 1 saturated carbocycles. The zero-order valence-corrected chi connectivity index (χ0v) is 12.4. The predicted molar refractivity (Wildman–Crippen MR) is 77.7 cm³/mol. The van der Waals surface area contributed by atoms with Crippen molar-refractivity contribution in [3.8, 4) is 5.75 Å². The summed E-state index contributed by atoms with van der Waals surface area (Å²) in [5, 5.41) is 1.06. The topological polar surface area (TPSA) is 12.5 Å². The first kappa shape index (κ1) is 12.5. The molecule has 3 rings (SSSR count). The van der Waals surface area contributed by atoms with E-state index in [1.807, 2.05) is 0 Å². The average molecular weight is 310 g/mol. The molecular formula is C15H20BrNO. The van der Waals surface area contributed by atoms with E-state index < -0.39 is 0 Å². The summed E-state index contributed by atoms with van der Waals surface area (Å²) < 4.78 is 6.06. The lowest BCUT2D eigenvalue weighted by atomic mass is 10.1. The van der Waals surface area contributed by atoms with Crippen LogP contribution in [0.3, 0.4) is 0 Å². The van der Waals surface area contributed by atoms with Gasteiger partial charge in [-0.05, 0) is 31.4 Å². The van der Waals surface area contributed by atoms with E-state index >= 15 is 0 Å². The van der Waals surface area contributed by atoms with Crippen LogP contribution in [0.5, 0.6) is 5.75 Å². The normalized spacial score (nSPS) is 22.1. The van der Waals surface area contributed by atoms with Gasteiger partial charge in [-0.15, -0.1) is 0 Å². The number of alkyl halides is 1. The number of nitrogens with zero attached hydrogens (tertiary/aromatic N) is 1. The summed E-state index contributed by atoms with van der Waals surface area (Å²) in [5.41, 5.74) is 2.71. The van der Waals surface area contributed by atoms with Crippen molar-refractivity contribution in [2.45, 2.75) is 38.3 Å². The summed E-state index contributed by atoms with van der Waals surface area (Å²) in [7, 11) is 0. The first-order chi connectivity index (χ1) is 8.76. The summed E-state index contributed by atoms with van der Waals surface area (Å²) in [6, 6.07) is 7.34. The summed E-state index contributed by atoms with van der Waals surface area (Å²) in [5.74, 6) is 1.10. The highest BCUT2D eigenvalue weighted by atomic mass is 79.9. The quantitative estimate of drug-likeness (QED) is 0.775. The van der Waals surface area contributed by atoms with Crippen LogP contribution in [0, 0.1) is 6.92 Å². The van der Waals surface area contributed by atoms with Gasteiger partial charge in [0.2, 0.25) is 0 Å². The van der Waals surface area contributed by atoms with E-state index in [0.29, 0.717) is 6.10 Å². The molecule has 0 amide bonds. The lowest BCUT2D eigenvalue weighted by molar-refractivity contribution is 0.150. The van der Waals surface area contributed by atoms with Gasteiger partial charge in [0.15, 0.2) is 0 Å². The Hall–Kier alpha value is -0.540. The molecule has 2 aliphatic rings. The van der Waals surface area contributed by atoms with Gasteiger partial charge < -0.3 is 4.74 Å². The van der Waals surface area contributed by atoms with Crippen LogP contribution in [0.15, 0.2) is 18.2 Å². The van der Waals surface area contributed by atoms with E-state index in [1.165, 1.54) is 24.0 Å². The smallest absolute Gasteiger partial charge is 0.123 e. The van der Waals surface area contributed by atoms with E-state index in [-0.39, 0.29) is 0 Å². The number of benzene rings is 1. The zero-order valence-electron chi connectivity index (χ0n) is 10.9. The Labute approximate surface area is 117 Å². The zero-order chi connectivity index (χ0) is 12.5. The van der Waals surface area contributed by atoms with Gasteiger partial charge in [0, 0.05) is 30.9 Å². The molecule has 0 bridgehead atoms. The SMILES string of the molecule is Cc1ccc2c(c1)CC(CN(CCBr)C1CC1)O2. The van der Waals surface area contributed by atoms with Crippen molar-refractivity contribution in [1.29, 1.82) is 0 Å². The molecule has 0 N–H and O–H groups in total. The van der Waals surface area contributed by atoms with Gasteiger partial charge in [0.05, 0.1) is 0 Å². The van der Waals surface area contributed by atoms with Crippen LogP contribution in [0.2, 0.25) is 0 Å². The van der Waals surface area contributed by atoms with Crippen molar-refractivity contribution >= 4 is 15.9 Å². The average Bonchev–Trinajstić information content (AvgIpc) is 3.10. The molecule has 98 valence electrons. The predicted octanol–water partition coefficient (Wildman–Crippen LogP) is 3.16. The van der Waals surface area contributed by atoms with Gasteiger partial charge >= 0.3 is 0 Å². The Morgan fingerprint density at radius 1 is 1.39 bits per heavy atom. The number of hydrogen-bond donors (Lipinski definition) is 0. The minimum atomic E-state index is 0.349. The Morgan fingerprint density at radius 3 is 2.94 bits per heavy atom. The van der Waals surface area contributed by atoms with Gasteiger partial charge in [-0.1, -0.05) is 33.6 Å². The molecule has 1 aromatic rings. The standard InChI is InChI=1S/C15H20BrNO/c1-11-2-5-15-12(8-11)9-14(18-15)10-17(7-6-16)13-3-4-13/h2,5,8,13-14H,3-4,6-7,9-10H2,1H3.